The topological polar surface area (TPSA) is 50.4 Å². The van der Waals surface area contributed by atoms with Gasteiger partial charge in [0.15, 0.2) is 5.11 Å². The highest BCUT2D eigenvalue weighted by atomic mass is 35.5. The van der Waals surface area contributed by atoms with Crippen molar-refractivity contribution in [3.8, 4) is 0 Å². The third kappa shape index (κ3) is 7.05. The molecule has 0 aliphatic rings. The van der Waals surface area contributed by atoms with Crippen molar-refractivity contribution in [2.75, 3.05) is 24.7 Å². The molecule has 0 saturated heterocycles. The molecule has 2 N–H and O–H groups in total. The van der Waals surface area contributed by atoms with E-state index in [2.05, 4.69) is 10.6 Å². The van der Waals surface area contributed by atoms with Crippen LogP contribution in [0.5, 0.6) is 0 Å². The summed E-state index contributed by atoms with van der Waals surface area (Å²) in [6, 6.07) is 10.4. The first-order valence-electron chi connectivity index (χ1n) is 7.85. The molecule has 0 aromatic heterocycles. The van der Waals surface area contributed by atoms with Crippen molar-refractivity contribution >= 4 is 75.6 Å². The van der Waals surface area contributed by atoms with Gasteiger partial charge >= 0.3 is 5.97 Å². The fraction of sp³-hybridized carbons (Fsp3) is 0.222. The Morgan fingerprint density at radius 1 is 1.15 bits per heavy atom. The Hall–Kier alpha value is -1.18. The van der Waals surface area contributed by atoms with Crippen LogP contribution in [0, 0.1) is 0 Å². The molecule has 144 valence electrons. The Morgan fingerprint density at radius 2 is 1.93 bits per heavy atom. The molecule has 0 amide bonds. The van der Waals surface area contributed by atoms with Crippen molar-refractivity contribution in [1.29, 1.82) is 0 Å². The second kappa shape index (κ2) is 11.0. The van der Waals surface area contributed by atoms with E-state index in [4.69, 9.17) is 51.8 Å². The van der Waals surface area contributed by atoms with Crippen molar-refractivity contribution in [3.63, 3.8) is 0 Å². The SMILES string of the molecule is COC(=O)c1cc(NC(=S)NCCSCc2ccc(Cl)cc2Cl)ccc1Cl. The van der Waals surface area contributed by atoms with Gasteiger partial charge in [0, 0.05) is 33.8 Å². The largest absolute Gasteiger partial charge is 0.465 e. The lowest BCUT2D eigenvalue weighted by atomic mass is 10.2. The number of methoxy groups -OCH3 is 1. The molecule has 2 rings (SSSR count). The summed E-state index contributed by atoms with van der Waals surface area (Å²) < 4.78 is 4.70. The summed E-state index contributed by atoms with van der Waals surface area (Å²) in [4.78, 5) is 11.7. The zero-order chi connectivity index (χ0) is 19.8. The first-order chi connectivity index (χ1) is 12.9. The highest BCUT2D eigenvalue weighted by molar-refractivity contribution is 7.98. The maximum atomic E-state index is 11.7. The maximum Gasteiger partial charge on any atom is 0.339 e. The average Bonchev–Trinajstić information content (AvgIpc) is 2.64. The van der Waals surface area contributed by atoms with E-state index >= 15 is 0 Å². The molecule has 27 heavy (non-hydrogen) atoms. The molecule has 0 heterocycles. The summed E-state index contributed by atoms with van der Waals surface area (Å²) >= 11 is 25.0. The Balaban J connectivity index is 1.75. The van der Waals surface area contributed by atoms with E-state index in [1.165, 1.54) is 7.11 Å². The molecule has 0 aliphatic heterocycles. The summed E-state index contributed by atoms with van der Waals surface area (Å²) in [5.41, 5.74) is 1.98. The van der Waals surface area contributed by atoms with E-state index in [1.807, 2.05) is 12.1 Å². The van der Waals surface area contributed by atoms with Crippen LogP contribution < -0.4 is 10.6 Å². The summed E-state index contributed by atoms with van der Waals surface area (Å²) in [7, 11) is 1.31. The molecule has 2 aromatic carbocycles. The number of ether oxygens (including phenoxy) is 1. The molecule has 0 unspecified atom stereocenters. The van der Waals surface area contributed by atoms with Gasteiger partial charge in [-0.2, -0.15) is 11.8 Å². The summed E-state index contributed by atoms with van der Waals surface area (Å²) in [5.74, 6) is 1.13. The van der Waals surface area contributed by atoms with Crippen molar-refractivity contribution in [2.24, 2.45) is 0 Å². The molecule has 9 heteroatoms. The van der Waals surface area contributed by atoms with E-state index in [0.717, 1.165) is 17.1 Å². The van der Waals surface area contributed by atoms with E-state index in [9.17, 15) is 4.79 Å². The highest BCUT2D eigenvalue weighted by Crippen LogP contribution is 2.24. The van der Waals surface area contributed by atoms with E-state index in [1.54, 1.807) is 36.0 Å². The van der Waals surface area contributed by atoms with Gasteiger partial charge in [-0.25, -0.2) is 4.79 Å². The van der Waals surface area contributed by atoms with Crippen molar-refractivity contribution < 1.29 is 9.53 Å². The summed E-state index contributed by atoms with van der Waals surface area (Å²) in [6.45, 7) is 0.680. The Bertz CT molecular complexity index is 834. The Morgan fingerprint density at radius 3 is 2.63 bits per heavy atom. The second-order valence-electron chi connectivity index (χ2n) is 5.36. The lowest BCUT2D eigenvalue weighted by Crippen LogP contribution is -2.30. The van der Waals surface area contributed by atoms with Crippen LogP contribution in [0.25, 0.3) is 0 Å². The Labute approximate surface area is 182 Å². The zero-order valence-electron chi connectivity index (χ0n) is 14.4. The zero-order valence-corrected chi connectivity index (χ0v) is 18.3. The molecule has 0 aliphatic carbocycles. The fourth-order valence-corrected chi connectivity index (χ4v) is 3.93. The first-order valence-corrected chi connectivity index (χ1v) is 10.5. The predicted molar refractivity (Wildman–Crippen MR) is 120 cm³/mol. The first kappa shape index (κ1) is 22.1. The average molecular weight is 464 g/mol. The monoisotopic (exact) mass is 462 g/mol. The van der Waals surface area contributed by atoms with Crippen molar-refractivity contribution in [3.05, 3.63) is 62.6 Å². The molecule has 0 saturated carbocycles. The molecule has 2 aromatic rings. The lowest BCUT2D eigenvalue weighted by molar-refractivity contribution is 0.0601. The van der Waals surface area contributed by atoms with Crippen LogP contribution in [-0.4, -0.2) is 30.5 Å². The number of hydrogen-bond donors (Lipinski definition) is 2. The number of thioether (sulfide) groups is 1. The number of carbonyl (C=O) groups is 1. The van der Waals surface area contributed by atoms with Gasteiger partial charge in [-0.3, -0.25) is 0 Å². The predicted octanol–water partition coefficient (Wildman–Crippen LogP) is 5.65. The smallest absolute Gasteiger partial charge is 0.339 e. The van der Waals surface area contributed by atoms with Gasteiger partial charge in [0.2, 0.25) is 0 Å². The maximum absolute atomic E-state index is 11.7. The summed E-state index contributed by atoms with van der Waals surface area (Å²) in [6.07, 6.45) is 0. The van der Waals surface area contributed by atoms with Crippen molar-refractivity contribution in [2.45, 2.75) is 5.75 Å². The molecule has 0 spiro atoms. The van der Waals surface area contributed by atoms with Gasteiger partial charge in [0.25, 0.3) is 0 Å². The minimum Gasteiger partial charge on any atom is -0.465 e. The van der Waals surface area contributed by atoms with Gasteiger partial charge in [-0.1, -0.05) is 40.9 Å². The molecule has 4 nitrogen and oxygen atoms in total. The van der Waals surface area contributed by atoms with Gasteiger partial charge in [0.05, 0.1) is 17.7 Å². The summed E-state index contributed by atoms with van der Waals surface area (Å²) in [5, 5.41) is 8.22. The quantitative estimate of drug-likeness (QED) is 0.314. The van der Waals surface area contributed by atoms with Gasteiger partial charge in [-0.15, -0.1) is 0 Å². The third-order valence-electron chi connectivity index (χ3n) is 3.43. The van der Waals surface area contributed by atoms with Crippen LogP contribution in [0.3, 0.4) is 0 Å². The van der Waals surface area contributed by atoms with E-state index in [-0.39, 0.29) is 5.56 Å². The number of benzene rings is 2. The highest BCUT2D eigenvalue weighted by Gasteiger charge is 2.11. The second-order valence-corrected chi connectivity index (χ2v) is 8.12. The van der Waals surface area contributed by atoms with Gasteiger partial charge in [-0.05, 0) is 48.1 Å². The number of esters is 1. The molecular formula is C18H17Cl3N2O2S2. The number of halogens is 3. The van der Waals surface area contributed by atoms with E-state index < -0.39 is 5.97 Å². The van der Waals surface area contributed by atoms with Gasteiger partial charge in [0.1, 0.15) is 0 Å². The number of nitrogens with one attached hydrogen (secondary N) is 2. The van der Waals surface area contributed by atoms with E-state index in [0.29, 0.717) is 32.4 Å². The molecule has 0 radical (unpaired) electrons. The molecule has 0 bridgehead atoms. The number of thiocarbonyl (C=S) groups is 1. The van der Waals surface area contributed by atoms with Crippen LogP contribution >= 0.6 is 58.8 Å². The van der Waals surface area contributed by atoms with Crippen LogP contribution in [0.15, 0.2) is 36.4 Å². The number of carbonyl (C=O) groups excluding carboxylic acids is 1. The standard InChI is InChI=1S/C18H17Cl3N2O2S2/c1-25-17(24)14-9-13(4-5-15(14)20)23-18(26)22-6-7-27-10-11-2-3-12(19)8-16(11)21/h2-5,8-9H,6-7,10H2,1H3,(H2,22,23,26). The normalized spacial score (nSPS) is 10.4. The molecule has 0 atom stereocenters. The minimum atomic E-state index is -0.500. The van der Waals surface area contributed by atoms with Crippen molar-refractivity contribution in [1.82, 2.24) is 5.32 Å². The van der Waals surface area contributed by atoms with Crippen LogP contribution in [-0.2, 0) is 10.5 Å². The van der Waals surface area contributed by atoms with Crippen LogP contribution in [0.4, 0.5) is 5.69 Å². The lowest BCUT2D eigenvalue weighted by Gasteiger charge is -2.12. The van der Waals surface area contributed by atoms with Gasteiger partial charge < -0.3 is 15.4 Å². The number of rotatable bonds is 7. The molecule has 0 fully saturated rings. The number of anilines is 1. The molecular weight excluding hydrogens is 447 g/mol. The third-order valence-corrected chi connectivity index (χ3v) is 5.61. The fourth-order valence-electron chi connectivity index (χ4n) is 2.10. The minimum absolute atomic E-state index is 0.280. The van der Waals surface area contributed by atoms with Crippen LogP contribution in [0.2, 0.25) is 15.1 Å². The Kier molecular flexibility index (Phi) is 8.99. The van der Waals surface area contributed by atoms with Crippen LogP contribution in [0.1, 0.15) is 15.9 Å². The number of hydrogen-bond acceptors (Lipinski definition) is 4.